The van der Waals surface area contributed by atoms with Gasteiger partial charge in [0.1, 0.15) is 0 Å². The second-order valence-corrected chi connectivity index (χ2v) is 14.1. The quantitative estimate of drug-likeness (QED) is 0.171. The number of aryl methyl sites for hydroxylation is 4. The number of nitrogens with zero attached hydrogens (tertiary/aromatic N) is 3. The first-order valence-corrected chi connectivity index (χ1v) is 17.7. The molecule has 0 fully saturated rings. The zero-order valence-corrected chi connectivity index (χ0v) is 27.9. The SMILES string of the molecule is CC(C)N(CCCNCCN1C(=O)c2ccc3c4c(ccc(c24)C1=O)CCC3)CCN1C(=O)c2ccc3c4c(ccc(c24)C1=O)CCC3. The van der Waals surface area contributed by atoms with Crippen LogP contribution in [-0.4, -0.2) is 83.6 Å². The van der Waals surface area contributed by atoms with Crippen LogP contribution in [0.25, 0.3) is 21.5 Å². The smallest absolute Gasteiger partial charge is 0.261 e. The van der Waals surface area contributed by atoms with Crippen LogP contribution in [0.1, 0.15) is 96.8 Å². The third-order valence-electron chi connectivity index (χ3n) is 11.0. The van der Waals surface area contributed by atoms with Crippen molar-refractivity contribution in [1.82, 2.24) is 20.0 Å². The Kier molecular flexibility index (Phi) is 7.88. The molecule has 8 rings (SSSR count). The molecule has 2 aliphatic heterocycles. The Hall–Kier alpha value is -4.40. The molecule has 4 aliphatic rings. The van der Waals surface area contributed by atoms with E-state index in [-0.39, 0.29) is 29.7 Å². The first kappa shape index (κ1) is 30.9. The Balaban J connectivity index is 0.856. The second kappa shape index (κ2) is 12.2. The van der Waals surface area contributed by atoms with E-state index >= 15 is 0 Å². The molecular weight excluding hydrogens is 600 g/mol. The molecule has 0 radical (unpaired) electrons. The summed E-state index contributed by atoms with van der Waals surface area (Å²) in [5.74, 6) is -0.813. The van der Waals surface area contributed by atoms with Gasteiger partial charge in [0.05, 0.1) is 0 Å². The van der Waals surface area contributed by atoms with Crippen LogP contribution in [0, 0.1) is 0 Å². The number of nitrogens with one attached hydrogen (secondary N) is 1. The van der Waals surface area contributed by atoms with Crippen LogP contribution in [0.15, 0.2) is 48.5 Å². The Morgan fingerprint density at radius 1 is 0.562 bits per heavy atom. The largest absolute Gasteiger partial charge is 0.315 e. The van der Waals surface area contributed by atoms with Crippen molar-refractivity contribution in [2.24, 2.45) is 0 Å². The summed E-state index contributed by atoms with van der Waals surface area (Å²) in [5.41, 5.74) is 7.51. The van der Waals surface area contributed by atoms with Gasteiger partial charge in [-0.15, -0.1) is 0 Å². The van der Waals surface area contributed by atoms with Gasteiger partial charge in [-0.2, -0.15) is 0 Å². The predicted molar refractivity (Wildman–Crippen MR) is 187 cm³/mol. The molecule has 48 heavy (non-hydrogen) atoms. The van der Waals surface area contributed by atoms with Crippen molar-refractivity contribution in [3.63, 3.8) is 0 Å². The summed E-state index contributed by atoms with van der Waals surface area (Å²) < 4.78 is 0. The van der Waals surface area contributed by atoms with E-state index < -0.39 is 0 Å². The minimum Gasteiger partial charge on any atom is -0.315 e. The summed E-state index contributed by atoms with van der Waals surface area (Å²) in [4.78, 5) is 59.3. The van der Waals surface area contributed by atoms with E-state index in [1.54, 1.807) is 0 Å². The molecule has 4 amide bonds. The van der Waals surface area contributed by atoms with Crippen LogP contribution in [-0.2, 0) is 25.7 Å². The average Bonchev–Trinajstić information content (AvgIpc) is 3.09. The molecule has 0 unspecified atom stereocenters. The van der Waals surface area contributed by atoms with Gasteiger partial charge >= 0.3 is 0 Å². The monoisotopic (exact) mass is 642 g/mol. The number of carbonyl (C=O) groups excluding carboxylic acids is 4. The van der Waals surface area contributed by atoms with Gasteiger partial charge in [0.2, 0.25) is 0 Å². The lowest BCUT2D eigenvalue weighted by Crippen LogP contribution is -2.46. The van der Waals surface area contributed by atoms with E-state index in [0.29, 0.717) is 48.4 Å². The van der Waals surface area contributed by atoms with Gasteiger partial charge in [-0.05, 0) is 129 Å². The number of benzene rings is 4. The summed E-state index contributed by atoms with van der Waals surface area (Å²) >= 11 is 0. The first-order chi connectivity index (χ1) is 23.3. The number of hydrogen-bond donors (Lipinski definition) is 1. The molecule has 2 heterocycles. The van der Waals surface area contributed by atoms with E-state index in [2.05, 4.69) is 48.3 Å². The number of imide groups is 2. The highest BCUT2D eigenvalue weighted by Crippen LogP contribution is 2.39. The number of carbonyl (C=O) groups is 4. The third kappa shape index (κ3) is 4.96. The molecule has 0 aromatic heterocycles. The van der Waals surface area contributed by atoms with Crippen molar-refractivity contribution in [3.8, 4) is 0 Å². The lowest BCUT2D eigenvalue weighted by Gasteiger charge is -2.33. The molecular formula is C40H42N4O4. The highest BCUT2D eigenvalue weighted by molar-refractivity contribution is 6.27. The summed E-state index contributed by atoms with van der Waals surface area (Å²) in [6.45, 7) is 7.53. The molecule has 0 bridgehead atoms. The van der Waals surface area contributed by atoms with Gasteiger partial charge in [-0.25, -0.2) is 0 Å². The van der Waals surface area contributed by atoms with Crippen molar-refractivity contribution in [2.75, 3.05) is 39.3 Å². The third-order valence-corrected chi connectivity index (χ3v) is 11.0. The maximum absolute atomic E-state index is 13.6. The molecule has 0 saturated carbocycles. The van der Waals surface area contributed by atoms with Crippen molar-refractivity contribution >= 4 is 45.2 Å². The molecule has 4 aromatic rings. The number of amides is 4. The summed E-state index contributed by atoms with van der Waals surface area (Å²) in [6.07, 6.45) is 6.99. The van der Waals surface area contributed by atoms with Crippen LogP contribution < -0.4 is 5.32 Å². The second-order valence-electron chi connectivity index (χ2n) is 14.1. The normalized spacial score (nSPS) is 16.8. The molecule has 1 N–H and O–H groups in total. The minimum absolute atomic E-state index is 0.197. The maximum atomic E-state index is 13.6. The minimum atomic E-state index is -0.209. The number of hydrogen-bond acceptors (Lipinski definition) is 6. The van der Waals surface area contributed by atoms with Gasteiger partial charge in [0.25, 0.3) is 23.6 Å². The Bertz CT molecular complexity index is 1910. The van der Waals surface area contributed by atoms with E-state index in [0.717, 1.165) is 79.6 Å². The molecule has 0 saturated heterocycles. The molecule has 0 atom stereocenters. The topological polar surface area (TPSA) is 90.0 Å². The fourth-order valence-corrected chi connectivity index (χ4v) is 8.52. The molecule has 0 spiro atoms. The van der Waals surface area contributed by atoms with Crippen LogP contribution >= 0.6 is 0 Å². The molecule has 8 heteroatoms. The Morgan fingerprint density at radius 3 is 1.40 bits per heavy atom. The predicted octanol–water partition coefficient (Wildman–Crippen LogP) is 5.55. The van der Waals surface area contributed by atoms with Crippen LogP contribution in [0.4, 0.5) is 0 Å². The summed E-state index contributed by atoms with van der Waals surface area (Å²) in [7, 11) is 0. The van der Waals surface area contributed by atoms with Crippen LogP contribution in [0.2, 0.25) is 0 Å². The van der Waals surface area contributed by atoms with Gasteiger partial charge in [0.15, 0.2) is 0 Å². The highest BCUT2D eigenvalue weighted by Gasteiger charge is 2.36. The zero-order valence-electron chi connectivity index (χ0n) is 27.9. The molecule has 8 nitrogen and oxygen atoms in total. The van der Waals surface area contributed by atoms with Gasteiger partial charge in [-0.1, -0.05) is 24.3 Å². The van der Waals surface area contributed by atoms with Gasteiger partial charge < -0.3 is 5.32 Å². The fraction of sp³-hybridized carbons (Fsp3) is 0.400. The molecule has 246 valence electrons. The van der Waals surface area contributed by atoms with Crippen molar-refractivity contribution in [1.29, 1.82) is 0 Å². The Morgan fingerprint density at radius 2 is 0.979 bits per heavy atom. The van der Waals surface area contributed by atoms with E-state index in [9.17, 15) is 19.2 Å². The Labute approximate surface area is 281 Å². The van der Waals surface area contributed by atoms with Crippen molar-refractivity contribution < 1.29 is 19.2 Å². The van der Waals surface area contributed by atoms with Crippen molar-refractivity contribution in [3.05, 3.63) is 93.0 Å². The standard InChI is InChI=1S/C40H42N4O4/c1-24(2)42(22-23-44-39(47)31-16-12-27-8-4-9-28-13-17-32(40(44)48)36(31)34(27)28)20-5-18-41-19-21-43-37(45)29-14-10-25-6-3-7-26-11-15-30(38(43)46)35(29)33(25)26/h10-17,24,41H,3-9,18-23H2,1-2H3. The maximum Gasteiger partial charge on any atom is 0.261 e. The van der Waals surface area contributed by atoms with Crippen LogP contribution in [0.3, 0.4) is 0 Å². The van der Waals surface area contributed by atoms with E-state index in [1.807, 2.05) is 24.3 Å². The molecule has 4 aromatic carbocycles. The lowest BCUT2D eigenvalue weighted by molar-refractivity contribution is 0.0579. The van der Waals surface area contributed by atoms with Gasteiger partial charge in [-0.3, -0.25) is 33.9 Å². The summed E-state index contributed by atoms with van der Waals surface area (Å²) in [6, 6.07) is 16.2. The van der Waals surface area contributed by atoms with Crippen molar-refractivity contribution in [2.45, 2.75) is 64.8 Å². The first-order valence-electron chi connectivity index (χ1n) is 17.7. The zero-order chi connectivity index (χ0) is 33.1. The van der Waals surface area contributed by atoms with Crippen LogP contribution in [0.5, 0.6) is 0 Å². The van der Waals surface area contributed by atoms with Gasteiger partial charge in [0, 0.05) is 65.2 Å². The number of rotatable bonds is 11. The summed E-state index contributed by atoms with van der Waals surface area (Å²) in [5, 5.41) is 7.35. The molecule has 2 aliphatic carbocycles. The lowest BCUT2D eigenvalue weighted by atomic mass is 9.83. The average molecular weight is 643 g/mol. The van der Waals surface area contributed by atoms with E-state index in [4.69, 9.17) is 0 Å². The van der Waals surface area contributed by atoms with E-state index in [1.165, 1.54) is 32.1 Å². The fourth-order valence-electron chi connectivity index (χ4n) is 8.52. The highest BCUT2D eigenvalue weighted by atomic mass is 16.2.